The number of furan rings is 2. The standard InChI is InChI=1S/C10H7BrO3/c11-10-4-3-9(14-10)8(12)6-7-2-1-5-13-7/h1-5H,6H2. The zero-order chi connectivity index (χ0) is 9.97. The number of ketones is 1. The molecule has 0 bridgehead atoms. The SMILES string of the molecule is O=C(Cc1ccco1)c1ccc(Br)o1. The number of Topliss-reactive ketones (excluding diaryl/α,β-unsaturated/α-hetero) is 1. The molecule has 0 aliphatic carbocycles. The fraction of sp³-hybridized carbons (Fsp3) is 0.100. The summed E-state index contributed by atoms with van der Waals surface area (Å²) in [5.74, 6) is 0.890. The molecule has 0 amide bonds. The molecule has 0 unspecified atom stereocenters. The Hall–Kier alpha value is -1.29. The zero-order valence-electron chi connectivity index (χ0n) is 7.20. The summed E-state index contributed by atoms with van der Waals surface area (Å²) in [5.41, 5.74) is 0. The minimum atomic E-state index is -0.0920. The molecule has 4 heteroatoms. The number of hydrogen-bond donors (Lipinski definition) is 0. The first kappa shape index (κ1) is 9.27. The lowest BCUT2D eigenvalue weighted by Gasteiger charge is -1.92. The Morgan fingerprint density at radius 1 is 1.36 bits per heavy atom. The van der Waals surface area contributed by atoms with Gasteiger partial charge in [0.05, 0.1) is 12.7 Å². The molecule has 3 nitrogen and oxygen atoms in total. The normalized spacial score (nSPS) is 10.4. The Bertz CT molecular complexity index is 428. The van der Waals surface area contributed by atoms with Crippen LogP contribution in [0.1, 0.15) is 16.3 Å². The van der Waals surface area contributed by atoms with E-state index in [4.69, 9.17) is 8.83 Å². The summed E-state index contributed by atoms with van der Waals surface area (Å²) in [6, 6.07) is 6.83. The second-order valence-electron chi connectivity index (χ2n) is 2.78. The van der Waals surface area contributed by atoms with Crippen molar-refractivity contribution in [3.63, 3.8) is 0 Å². The van der Waals surface area contributed by atoms with Gasteiger partial charge in [-0.05, 0) is 40.2 Å². The summed E-state index contributed by atoms with van der Waals surface area (Å²) >= 11 is 3.14. The quantitative estimate of drug-likeness (QED) is 0.791. The van der Waals surface area contributed by atoms with Crippen molar-refractivity contribution in [2.24, 2.45) is 0 Å². The van der Waals surface area contributed by atoms with E-state index < -0.39 is 0 Å². The topological polar surface area (TPSA) is 43.4 Å². The predicted molar refractivity (Wildman–Crippen MR) is 53.2 cm³/mol. The van der Waals surface area contributed by atoms with Crippen LogP contribution in [0.5, 0.6) is 0 Å². The molecule has 2 heterocycles. The van der Waals surface area contributed by atoms with Crippen molar-refractivity contribution in [1.82, 2.24) is 0 Å². The molecule has 0 aromatic carbocycles. The van der Waals surface area contributed by atoms with Crippen molar-refractivity contribution in [2.75, 3.05) is 0 Å². The van der Waals surface area contributed by atoms with Crippen LogP contribution in [-0.4, -0.2) is 5.78 Å². The first-order valence-electron chi connectivity index (χ1n) is 4.06. The van der Waals surface area contributed by atoms with Crippen LogP contribution in [0.4, 0.5) is 0 Å². The average Bonchev–Trinajstić information content (AvgIpc) is 2.75. The lowest BCUT2D eigenvalue weighted by Crippen LogP contribution is -2.00. The lowest BCUT2D eigenvalue weighted by molar-refractivity contribution is 0.0959. The van der Waals surface area contributed by atoms with Gasteiger partial charge in [0.2, 0.25) is 5.78 Å². The van der Waals surface area contributed by atoms with Gasteiger partial charge in [-0.1, -0.05) is 0 Å². The minimum Gasteiger partial charge on any atom is -0.469 e. The molecule has 0 atom stereocenters. The Labute approximate surface area is 88.8 Å². The first-order valence-corrected chi connectivity index (χ1v) is 4.86. The van der Waals surface area contributed by atoms with Gasteiger partial charge in [-0.3, -0.25) is 4.79 Å². The summed E-state index contributed by atoms with van der Waals surface area (Å²) in [4.78, 5) is 11.6. The van der Waals surface area contributed by atoms with E-state index in [0.717, 1.165) is 0 Å². The summed E-state index contributed by atoms with van der Waals surface area (Å²) in [6.45, 7) is 0. The van der Waals surface area contributed by atoms with E-state index in [1.54, 1.807) is 30.5 Å². The maximum atomic E-state index is 11.6. The maximum absolute atomic E-state index is 11.6. The average molecular weight is 255 g/mol. The third kappa shape index (κ3) is 1.96. The van der Waals surface area contributed by atoms with Gasteiger partial charge >= 0.3 is 0 Å². The Kier molecular flexibility index (Phi) is 2.54. The smallest absolute Gasteiger partial charge is 0.205 e. The van der Waals surface area contributed by atoms with E-state index in [9.17, 15) is 4.79 Å². The number of rotatable bonds is 3. The number of hydrogen-bond acceptors (Lipinski definition) is 3. The van der Waals surface area contributed by atoms with Crippen LogP contribution in [0, 0.1) is 0 Å². The van der Waals surface area contributed by atoms with Gasteiger partial charge in [0.1, 0.15) is 5.76 Å². The number of carbonyl (C=O) groups is 1. The summed E-state index contributed by atoms with van der Waals surface area (Å²) in [7, 11) is 0. The van der Waals surface area contributed by atoms with Crippen molar-refractivity contribution in [1.29, 1.82) is 0 Å². The Morgan fingerprint density at radius 2 is 2.21 bits per heavy atom. The fourth-order valence-corrected chi connectivity index (χ4v) is 1.43. The summed E-state index contributed by atoms with van der Waals surface area (Å²) < 4.78 is 10.7. The molecule has 0 saturated carbocycles. The zero-order valence-corrected chi connectivity index (χ0v) is 8.78. The van der Waals surface area contributed by atoms with E-state index >= 15 is 0 Å². The van der Waals surface area contributed by atoms with E-state index in [0.29, 0.717) is 16.2 Å². The van der Waals surface area contributed by atoms with Gasteiger partial charge in [-0.25, -0.2) is 0 Å². The Balaban J connectivity index is 2.10. The number of halogens is 1. The monoisotopic (exact) mass is 254 g/mol. The third-order valence-electron chi connectivity index (χ3n) is 1.76. The van der Waals surface area contributed by atoms with Crippen LogP contribution in [0.25, 0.3) is 0 Å². The van der Waals surface area contributed by atoms with Gasteiger partial charge in [0, 0.05) is 0 Å². The highest BCUT2D eigenvalue weighted by Gasteiger charge is 2.12. The number of carbonyl (C=O) groups excluding carboxylic acids is 1. The van der Waals surface area contributed by atoms with Crippen LogP contribution in [-0.2, 0) is 6.42 Å². The molecule has 0 spiro atoms. The van der Waals surface area contributed by atoms with Crippen molar-refractivity contribution < 1.29 is 13.6 Å². The van der Waals surface area contributed by atoms with Crippen LogP contribution in [0.2, 0.25) is 0 Å². The van der Waals surface area contributed by atoms with E-state index in [1.165, 1.54) is 0 Å². The molecular formula is C10H7BrO3. The molecular weight excluding hydrogens is 248 g/mol. The molecule has 0 saturated heterocycles. The molecule has 0 radical (unpaired) electrons. The molecule has 2 aromatic rings. The molecule has 2 aromatic heterocycles. The van der Waals surface area contributed by atoms with Crippen LogP contribution in [0.3, 0.4) is 0 Å². The van der Waals surface area contributed by atoms with Gasteiger partial charge < -0.3 is 8.83 Å². The van der Waals surface area contributed by atoms with E-state index in [-0.39, 0.29) is 12.2 Å². The van der Waals surface area contributed by atoms with E-state index in [1.807, 2.05) is 0 Å². The van der Waals surface area contributed by atoms with E-state index in [2.05, 4.69) is 15.9 Å². The lowest BCUT2D eigenvalue weighted by atomic mass is 10.2. The molecule has 0 aliphatic heterocycles. The summed E-state index contributed by atoms with van der Waals surface area (Å²) in [6.07, 6.45) is 1.77. The first-order chi connectivity index (χ1) is 6.75. The van der Waals surface area contributed by atoms with Gasteiger partial charge in [0.15, 0.2) is 10.4 Å². The van der Waals surface area contributed by atoms with Crippen molar-refractivity contribution in [2.45, 2.75) is 6.42 Å². The summed E-state index contributed by atoms with van der Waals surface area (Å²) in [5, 5.41) is 0. The maximum Gasteiger partial charge on any atom is 0.205 e. The van der Waals surface area contributed by atoms with Gasteiger partial charge in [-0.15, -0.1) is 0 Å². The van der Waals surface area contributed by atoms with Crippen LogP contribution >= 0.6 is 15.9 Å². The fourth-order valence-electron chi connectivity index (χ4n) is 1.12. The minimum absolute atomic E-state index is 0.0920. The van der Waals surface area contributed by atoms with Crippen molar-refractivity contribution in [3.05, 3.63) is 46.7 Å². The molecule has 14 heavy (non-hydrogen) atoms. The molecule has 0 fully saturated rings. The molecule has 72 valence electrons. The van der Waals surface area contributed by atoms with Crippen molar-refractivity contribution in [3.8, 4) is 0 Å². The van der Waals surface area contributed by atoms with Gasteiger partial charge in [-0.2, -0.15) is 0 Å². The van der Waals surface area contributed by atoms with Crippen LogP contribution < -0.4 is 0 Å². The Morgan fingerprint density at radius 3 is 2.79 bits per heavy atom. The highest BCUT2D eigenvalue weighted by Crippen LogP contribution is 2.16. The van der Waals surface area contributed by atoms with Crippen molar-refractivity contribution >= 4 is 21.7 Å². The molecule has 2 rings (SSSR count). The molecule has 0 N–H and O–H groups in total. The highest BCUT2D eigenvalue weighted by molar-refractivity contribution is 9.10. The second-order valence-corrected chi connectivity index (χ2v) is 3.56. The highest BCUT2D eigenvalue weighted by atomic mass is 79.9. The molecule has 0 aliphatic rings. The largest absolute Gasteiger partial charge is 0.469 e. The van der Waals surface area contributed by atoms with Crippen LogP contribution in [0.15, 0.2) is 44.0 Å². The second kappa shape index (κ2) is 3.84. The third-order valence-corrected chi connectivity index (χ3v) is 2.19. The van der Waals surface area contributed by atoms with Gasteiger partial charge in [0.25, 0.3) is 0 Å². The predicted octanol–water partition coefficient (Wildman–Crippen LogP) is 3.06.